The van der Waals surface area contributed by atoms with Crippen molar-refractivity contribution in [2.45, 2.75) is 32.2 Å². The minimum absolute atomic E-state index is 0.183. The third kappa shape index (κ3) is 2.96. The number of fused-ring (bicyclic) bond motifs is 1. The molecule has 3 fully saturated rings. The Bertz CT molecular complexity index is 679. The number of morpholine rings is 1. The number of hydrogen-bond donors (Lipinski definition) is 0. The number of hydrogen-bond acceptors (Lipinski definition) is 7. The highest BCUT2D eigenvalue weighted by molar-refractivity contribution is 5.72. The molecule has 0 spiro atoms. The van der Waals surface area contributed by atoms with E-state index in [1.54, 1.807) is 0 Å². The van der Waals surface area contributed by atoms with Gasteiger partial charge < -0.3 is 19.3 Å². The van der Waals surface area contributed by atoms with Crippen molar-refractivity contribution >= 4 is 17.9 Å². The predicted octanol–water partition coefficient (Wildman–Crippen LogP) is 1.30. The smallest absolute Gasteiger partial charge is 0.410 e. The van der Waals surface area contributed by atoms with E-state index in [1.807, 2.05) is 4.90 Å². The highest BCUT2D eigenvalue weighted by Gasteiger charge is 2.49. The monoisotopic (exact) mass is 361 g/mol. The van der Waals surface area contributed by atoms with Gasteiger partial charge in [0.05, 0.1) is 18.8 Å². The van der Waals surface area contributed by atoms with Crippen molar-refractivity contribution in [3.8, 4) is 0 Å². The summed E-state index contributed by atoms with van der Waals surface area (Å²) in [4.78, 5) is 28.0. The van der Waals surface area contributed by atoms with Gasteiger partial charge in [0.15, 0.2) is 0 Å². The molecule has 3 aliphatic rings. The van der Waals surface area contributed by atoms with Gasteiger partial charge in [0.2, 0.25) is 5.95 Å². The summed E-state index contributed by atoms with van der Waals surface area (Å²) in [5.74, 6) is 1.74. The zero-order chi connectivity index (χ0) is 18.1. The van der Waals surface area contributed by atoms with Gasteiger partial charge in [0.1, 0.15) is 12.4 Å². The van der Waals surface area contributed by atoms with Gasteiger partial charge in [0, 0.05) is 44.5 Å². The number of carbonyl (C=O) groups excluding carboxylic acids is 1. The van der Waals surface area contributed by atoms with E-state index in [9.17, 15) is 4.79 Å². The Balaban J connectivity index is 1.61. The Morgan fingerprint density at radius 3 is 2.65 bits per heavy atom. The Labute approximate surface area is 154 Å². The number of carbonyl (C=O) groups is 1. The lowest BCUT2D eigenvalue weighted by molar-refractivity contribution is 0.122. The quantitative estimate of drug-likeness (QED) is 0.800. The summed E-state index contributed by atoms with van der Waals surface area (Å²) in [6.45, 7) is 9.95. The van der Waals surface area contributed by atoms with E-state index in [-0.39, 0.29) is 11.6 Å². The molecule has 0 aliphatic carbocycles. The van der Waals surface area contributed by atoms with Crippen molar-refractivity contribution in [1.82, 2.24) is 14.9 Å². The van der Waals surface area contributed by atoms with Gasteiger partial charge in [-0.05, 0) is 12.8 Å². The normalized spacial score (nSPS) is 26.1. The second-order valence-electron chi connectivity index (χ2n) is 7.18. The van der Waals surface area contributed by atoms with Gasteiger partial charge in [-0.15, -0.1) is 0 Å². The molecule has 3 aliphatic heterocycles. The number of ether oxygens (including phenoxy) is 2. The third-order valence-corrected chi connectivity index (χ3v) is 5.73. The van der Waals surface area contributed by atoms with Crippen LogP contribution < -0.4 is 9.80 Å². The first kappa shape index (κ1) is 17.3. The average molecular weight is 361 g/mol. The Morgan fingerprint density at radius 1 is 1.12 bits per heavy atom. The summed E-state index contributed by atoms with van der Waals surface area (Å²) in [5.41, 5.74) is 0.800. The Morgan fingerprint density at radius 2 is 1.92 bits per heavy atom. The maximum atomic E-state index is 12.0. The van der Waals surface area contributed by atoms with Gasteiger partial charge in [-0.1, -0.05) is 13.8 Å². The topological polar surface area (TPSA) is 71.0 Å². The number of aryl methyl sites for hydroxylation is 1. The van der Waals surface area contributed by atoms with Gasteiger partial charge >= 0.3 is 6.09 Å². The second-order valence-corrected chi connectivity index (χ2v) is 7.18. The number of nitrogens with zero attached hydrogens (tertiary/aromatic N) is 5. The van der Waals surface area contributed by atoms with Crippen molar-refractivity contribution in [3.63, 3.8) is 0 Å². The molecule has 0 saturated carbocycles. The Hall–Kier alpha value is -2.09. The van der Waals surface area contributed by atoms with E-state index < -0.39 is 0 Å². The largest absolute Gasteiger partial charge is 0.447 e. The van der Waals surface area contributed by atoms with Crippen molar-refractivity contribution in [2.75, 3.05) is 62.3 Å². The van der Waals surface area contributed by atoms with Crippen LogP contribution in [-0.2, 0) is 15.9 Å². The van der Waals surface area contributed by atoms with E-state index in [2.05, 4.69) is 29.7 Å². The lowest BCUT2D eigenvalue weighted by atomic mass is 9.93. The summed E-state index contributed by atoms with van der Waals surface area (Å²) < 4.78 is 10.8. The molecule has 0 aromatic carbocycles. The molecule has 3 saturated heterocycles. The molecule has 0 bridgehead atoms. The lowest BCUT2D eigenvalue weighted by Gasteiger charge is -2.44. The van der Waals surface area contributed by atoms with E-state index in [0.717, 1.165) is 56.5 Å². The molecule has 142 valence electrons. The molecule has 8 heteroatoms. The zero-order valence-corrected chi connectivity index (χ0v) is 15.6. The highest BCUT2D eigenvalue weighted by Crippen LogP contribution is 2.33. The molecule has 1 aromatic rings. The van der Waals surface area contributed by atoms with Crippen molar-refractivity contribution < 1.29 is 14.3 Å². The fourth-order valence-corrected chi connectivity index (χ4v) is 3.98. The van der Waals surface area contributed by atoms with Gasteiger partial charge in [0.25, 0.3) is 0 Å². The van der Waals surface area contributed by atoms with Crippen LogP contribution in [-0.4, -0.2) is 79.0 Å². The number of anilines is 2. The maximum absolute atomic E-state index is 12.0. The van der Waals surface area contributed by atoms with Crippen LogP contribution in [0, 0.1) is 0 Å². The SMILES string of the molecule is CCc1cc(N2CCN3C(=O)OCC3(CC)C2)nc(N2CCOCC2)n1. The van der Waals surface area contributed by atoms with Crippen LogP contribution >= 0.6 is 0 Å². The molecule has 1 aromatic heterocycles. The number of rotatable bonds is 4. The molecule has 0 N–H and O–H groups in total. The van der Waals surface area contributed by atoms with E-state index in [1.165, 1.54) is 0 Å². The summed E-state index contributed by atoms with van der Waals surface area (Å²) in [6, 6.07) is 2.08. The summed E-state index contributed by atoms with van der Waals surface area (Å²) in [7, 11) is 0. The number of piperazine rings is 1. The van der Waals surface area contributed by atoms with Gasteiger partial charge in [-0.3, -0.25) is 4.90 Å². The van der Waals surface area contributed by atoms with Crippen LogP contribution in [0.4, 0.5) is 16.6 Å². The minimum Gasteiger partial charge on any atom is -0.447 e. The summed E-state index contributed by atoms with van der Waals surface area (Å²) in [6.07, 6.45) is 1.56. The summed E-state index contributed by atoms with van der Waals surface area (Å²) >= 11 is 0. The molecule has 4 rings (SSSR count). The lowest BCUT2D eigenvalue weighted by Crippen LogP contribution is -2.61. The minimum atomic E-state index is -0.244. The van der Waals surface area contributed by atoms with Crippen LogP contribution in [0.1, 0.15) is 26.0 Å². The van der Waals surface area contributed by atoms with Gasteiger partial charge in [-0.2, -0.15) is 4.98 Å². The fourth-order valence-electron chi connectivity index (χ4n) is 3.98. The molecule has 1 unspecified atom stereocenters. The van der Waals surface area contributed by atoms with Gasteiger partial charge in [-0.25, -0.2) is 9.78 Å². The van der Waals surface area contributed by atoms with Crippen LogP contribution in [0.15, 0.2) is 6.07 Å². The summed E-state index contributed by atoms with van der Waals surface area (Å²) in [5, 5.41) is 0. The van der Waals surface area contributed by atoms with Crippen molar-refractivity contribution in [3.05, 3.63) is 11.8 Å². The average Bonchev–Trinajstić information content (AvgIpc) is 3.05. The molecule has 1 atom stereocenters. The number of cyclic esters (lactones) is 1. The Kier molecular flexibility index (Phi) is 4.60. The maximum Gasteiger partial charge on any atom is 0.410 e. The fraction of sp³-hybridized carbons (Fsp3) is 0.722. The molecule has 1 amide bonds. The molecule has 8 nitrogen and oxygen atoms in total. The van der Waals surface area contributed by atoms with Crippen LogP contribution in [0.3, 0.4) is 0 Å². The molecule has 0 radical (unpaired) electrons. The zero-order valence-electron chi connectivity index (χ0n) is 15.6. The van der Waals surface area contributed by atoms with Crippen molar-refractivity contribution in [1.29, 1.82) is 0 Å². The standard InChI is InChI=1S/C18H27N5O3/c1-3-14-11-15(20-16(19-14)21-7-9-25-10-8-21)22-5-6-23-17(24)26-13-18(23,4-2)12-22/h11H,3-10,12-13H2,1-2H3. The molecule has 26 heavy (non-hydrogen) atoms. The van der Waals surface area contributed by atoms with Crippen LogP contribution in [0.2, 0.25) is 0 Å². The third-order valence-electron chi connectivity index (χ3n) is 5.73. The first-order chi connectivity index (χ1) is 12.6. The molecule has 4 heterocycles. The molecular formula is C18H27N5O3. The number of amides is 1. The van der Waals surface area contributed by atoms with Crippen LogP contribution in [0.25, 0.3) is 0 Å². The first-order valence-electron chi connectivity index (χ1n) is 9.55. The second kappa shape index (κ2) is 6.90. The first-order valence-corrected chi connectivity index (χ1v) is 9.55. The highest BCUT2D eigenvalue weighted by atomic mass is 16.6. The van der Waals surface area contributed by atoms with E-state index in [0.29, 0.717) is 26.4 Å². The molecular weight excluding hydrogens is 334 g/mol. The van der Waals surface area contributed by atoms with Crippen molar-refractivity contribution in [2.24, 2.45) is 0 Å². The van der Waals surface area contributed by atoms with E-state index >= 15 is 0 Å². The van der Waals surface area contributed by atoms with Crippen LogP contribution in [0.5, 0.6) is 0 Å². The predicted molar refractivity (Wildman–Crippen MR) is 97.7 cm³/mol. The number of aromatic nitrogens is 2. The van der Waals surface area contributed by atoms with E-state index in [4.69, 9.17) is 19.4 Å².